The zero-order valence-corrected chi connectivity index (χ0v) is 9.59. The molecule has 0 aliphatic carbocycles. The molecule has 0 radical (unpaired) electrons. The van der Waals surface area contributed by atoms with E-state index in [-0.39, 0.29) is 4.83 Å². The van der Waals surface area contributed by atoms with Gasteiger partial charge in [-0.3, -0.25) is 0 Å². The van der Waals surface area contributed by atoms with Crippen LogP contribution in [0.5, 0.6) is 0 Å². The van der Waals surface area contributed by atoms with E-state index in [4.69, 9.17) is 5.11 Å². The molecule has 0 fully saturated rings. The summed E-state index contributed by atoms with van der Waals surface area (Å²) in [6.07, 6.45) is 1.09. The summed E-state index contributed by atoms with van der Waals surface area (Å²) < 4.78 is 0.892. The molecule has 2 rings (SSSR count). The highest BCUT2D eigenvalue weighted by molar-refractivity contribution is 9.09. The summed E-state index contributed by atoms with van der Waals surface area (Å²) >= 11 is 3.19. The summed E-state index contributed by atoms with van der Waals surface area (Å²) in [5, 5.41) is 13.3. The lowest BCUT2D eigenvalue weighted by molar-refractivity contribution is -0.107. The van der Waals surface area contributed by atoms with Crippen molar-refractivity contribution < 1.29 is 14.7 Å². The van der Waals surface area contributed by atoms with Crippen LogP contribution in [-0.2, 0) is 4.79 Å². The maximum absolute atomic E-state index is 10.8. The third-order valence-corrected chi connectivity index (χ3v) is 2.96. The van der Waals surface area contributed by atoms with E-state index in [1.165, 1.54) is 6.20 Å². The predicted octanol–water partition coefficient (Wildman–Crippen LogP) is 2.20. The van der Waals surface area contributed by atoms with Crippen LogP contribution < -0.4 is 0 Å². The van der Waals surface area contributed by atoms with E-state index in [0.29, 0.717) is 10.9 Å². The van der Waals surface area contributed by atoms with Gasteiger partial charge in [-0.15, -0.1) is 0 Å². The van der Waals surface area contributed by atoms with Crippen molar-refractivity contribution in [3.8, 4) is 0 Å². The molecule has 1 unspecified atom stereocenters. The van der Waals surface area contributed by atoms with E-state index in [1.807, 2.05) is 0 Å². The van der Waals surface area contributed by atoms with E-state index >= 15 is 0 Å². The second kappa shape index (κ2) is 4.05. The van der Waals surface area contributed by atoms with Gasteiger partial charge in [0.15, 0.2) is 0 Å². The molecule has 82 valence electrons. The Labute approximate surface area is 98.8 Å². The minimum atomic E-state index is -1.13. The SMILES string of the molecule is O=CC(Br)c1ccc2c(cnn2C(=O)O)c1. The van der Waals surface area contributed by atoms with E-state index < -0.39 is 6.09 Å². The highest BCUT2D eigenvalue weighted by Gasteiger charge is 2.11. The van der Waals surface area contributed by atoms with Crippen LogP contribution in [0.3, 0.4) is 0 Å². The van der Waals surface area contributed by atoms with E-state index in [0.717, 1.165) is 16.5 Å². The van der Waals surface area contributed by atoms with Crippen LogP contribution in [-0.4, -0.2) is 27.3 Å². The number of aldehydes is 1. The molecule has 5 nitrogen and oxygen atoms in total. The van der Waals surface area contributed by atoms with Gasteiger partial charge in [0.2, 0.25) is 0 Å². The van der Waals surface area contributed by atoms with Crippen LogP contribution in [0.2, 0.25) is 0 Å². The first-order valence-corrected chi connectivity index (χ1v) is 5.35. The molecule has 0 aliphatic heterocycles. The lowest BCUT2D eigenvalue weighted by Crippen LogP contribution is -2.08. The van der Waals surface area contributed by atoms with E-state index in [1.54, 1.807) is 18.2 Å². The third kappa shape index (κ3) is 1.71. The topological polar surface area (TPSA) is 72.2 Å². The molecule has 2 aromatic rings. The maximum Gasteiger partial charge on any atom is 0.432 e. The number of aromatic nitrogens is 2. The summed E-state index contributed by atoms with van der Waals surface area (Å²) in [7, 11) is 0. The zero-order chi connectivity index (χ0) is 11.7. The van der Waals surface area contributed by atoms with Crippen molar-refractivity contribution in [2.75, 3.05) is 0 Å². The van der Waals surface area contributed by atoms with Gasteiger partial charge in [-0.05, 0) is 17.7 Å². The highest BCUT2D eigenvalue weighted by atomic mass is 79.9. The van der Waals surface area contributed by atoms with Crippen LogP contribution in [0.4, 0.5) is 4.79 Å². The van der Waals surface area contributed by atoms with Crippen molar-refractivity contribution in [1.29, 1.82) is 0 Å². The summed E-state index contributed by atoms with van der Waals surface area (Å²) in [6, 6.07) is 5.05. The van der Waals surface area contributed by atoms with Crippen LogP contribution in [0.25, 0.3) is 10.9 Å². The number of hydrogen-bond donors (Lipinski definition) is 1. The largest absolute Gasteiger partial charge is 0.463 e. The van der Waals surface area contributed by atoms with Crippen molar-refractivity contribution in [1.82, 2.24) is 9.78 Å². The maximum atomic E-state index is 10.8. The molecule has 1 aromatic carbocycles. The molecular formula is C10H7BrN2O3. The average Bonchev–Trinajstić information content (AvgIpc) is 2.70. The fourth-order valence-electron chi connectivity index (χ4n) is 1.45. The minimum absolute atomic E-state index is 0.384. The van der Waals surface area contributed by atoms with Gasteiger partial charge in [0.05, 0.1) is 16.5 Å². The van der Waals surface area contributed by atoms with Crippen LogP contribution in [0.15, 0.2) is 24.4 Å². The smallest absolute Gasteiger partial charge is 0.432 e. The van der Waals surface area contributed by atoms with Gasteiger partial charge in [0.1, 0.15) is 6.29 Å². The van der Waals surface area contributed by atoms with Gasteiger partial charge in [-0.25, -0.2) is 4.79 Å². The third-order valence-electron chi connectivity index (χ3n) is 2.21. The lowest BCUT2D eigenvalue weighted by Gasteiger charge is -2.02. The summed E-state index contributed by atoms with van der Waals surface area (Å²) in [5.74, 6) is 0. The lowest BCUT2D eigenvalue weighted by atomic mass is 10.1. The fourth-order valence-corrected chi connectivity index (χ4v) is 1.74. The molecule has 1 heterocycles. The van der Waals surface area contributed by atoms with E-state index in [2.05, 4.69) is 21.0 Å². The molecule has 1 N–H and O–H groups in total. The van der Waals surface area contributed by atoms with Gasteiger partial charge in [-0.2, -0.15) is 9.78 Å². The number of carboxylic acid groups (broad SMARTS) is 1. The first-order valence-electron chi connectivity index (χ1n) is 4.44. The molecule has 0 aliphatic rings. The number of hydrogen-bond acceptors (Lipinski definition) is 3. The number of benzene rings is 1. The molecular weight excluding hydrogens is 276 g/mol. The van der Waals surface area contributed by atoms with Gasteiger partial charge < -0.3 is 9.90 Å². The van der Waals surface area contributed by atoms with Gasteiger partial charge in [0, 0.05) is 5.39 Å². The Morgan fingerprint density at radius 3 is 2.94 bits per heavy atom. The first-order chi connectivity index (χ1) is 7.63. The number of alkyl halides is 1. The van der Waals surface area contributed by atoms with Crippen LogP contribution in [0.1, 0.15) is 10.4 Å². The average molecular weight is 283 g/mol. The molecule has 6 heteroatoms. The Morgan fingerprint density at radius 2 is 2.31 bits per heavy atom. The van der Waals surface area contributed by atoms with Gasteiger partial charge in [0.25, 0.3) is 0 Å². The zero-order valence-electron chi connectivity index (χ0n) is 8.00. The van der Waals surface area contributed by atoms with Crippen LogP contribution in [0, 0.1) is 0 Å². The Kier molecular flexibility index (Phi) is 2.74. The second-order valence-electron chi connectivity index (χ2n) is 3.20. The summed E-state index contributed by atoms with van der Waals surface area (Å²) in [5.41, 5.74) is 1.27. The van der Waals surface area contributed by atoms with Gasteiger partial charge >= 0.3 is 6.09 Å². The van der Waals surface area contributed by atoms with Crippen molar-refractivity contribution in [3.05, 3.63) is 30.0 Å². The highest BCUT2D eigenvalue weighted by Crippen LogP contribution is 2.24. The van der Waals surface area contributed by atoms with Crippen molar-refractivity contribution in [3.63, 3.8) is 0 Å². The molecule has 0 amide bonds. The first kappa shape index (κ1) is 10.8. The minimum Gasteiger partial charge on any atom is -0.463 e. The number of rotatable bonds is 2. The molecule has 0 spiro atoms. The predicted molar refractivity (Wildman–Crippen MR) is 60.9 cm³/mol. The molecule has 0 bridgehead atoms. The molecule has 16 heavy (non-hydrogen) atoms. The number of fused-ring (bicyclic) bond motifs is 1. The molecule has 1 aromatic heterocycles. The van der Waals surface area contributed by atoms with Crippen LogP contribution >= 0.6 is 15.9 Å². The Balaban J connectivity index is 2.57. The Bertz CT molecular complexity index is 564. The second-order valence-corrected chi connectivity index (χ2v) is 4.18. The summed E-state index contributed by atoms with van der Waals surface area (Å²) in [6.45, 7) is 0. The van der Waals surface area contributed by atoms with Crippen molar-refractivity contribution >= 4 is 39.2 Å². The number of carbonyl (C=O) groups is 2. The number of nitrogens with zero attached hydrogens (tertiary/aromatic N) is 2. The Morgan fingerprint density at radius 1 is 1.56 bits per heavy atom. The normalized spacial score (nSPS) is 12.6. The summed E-state index contributed by atoms with van der Waals surface area (Å²) in [4.78, 5) is 21.0. The van der Waals surface area contributed by atoms with Gasteiger partial charge in [-0.1, -0.05) is 22.0 Å². The molecule has 0 saturated carbocycles. The fraction of sp³-hybridized carbons (Fsp3) is 0.100. The van der Waals surface area contributed by atoms with E-state index in [9.17, 15) is 9.59 Å². The number of halogens is 1. The molecule has 0 saturated heterocycles. The monoisotopic (exact) mass is 282 g/mol. The van der Waals surface area contributed by atoms with Crippen molar-refractivity contribution in [2.45, 2.75) is 4.83 Å². The van der Waals surface area contributed by atoms with Crippen molar-refractivity contribution in [2.24, 2.45) is 0 Å². The standard InChI is InChI=1S/C10H7BrN2O3/c11-8(5-14)6-1-2-9-7(3-6)4-12-13(9)10(15)16/h1-5,8H,(H,15,16). The quantitative estimate of drug-likeness (QED) is 0.677. The Hall–Kier alpha value is -1.69. The number of carbonyl (C=O) groups excluding carboxylic acids is 1. The molecule has 1 atom stereocenters.